The smallest absolute Gasteiger partial charge is 0.130 e. The number of nitrogens with one attached hydrogen (secondary N) is 1. The third kappa shape index (κ3) is 3.45. The minimum Gasteiger partial charge on any atom is -0.373 e. The van der Waals surface area contributed by atoms with Crippen molar-refractivity contribution in [2.24, 2.45) is 5.92 Å². The summed E-state index contributed by atoms with van der Waals surface area (Å²) in [6, 6.07) is 4.20. The van der Waals surface area contributed by atoms with Crippen LogP contribution in [0.25, 0.3) is 0 Å². The van der Waals surface area contributed by atoms with Gasteiger partial charge in [0.15, 0.2) is 0 Å². The van der Waals surface area contributed by atoms with Crippen molar-refractivity contribution in [2.45, 2.75) is 19.4 Å². The van der Waals surface area contributed by atoms with E-state index >= 15 is 0 Å². The van der Waals surface area contributed by atoms with Crippen LogP contribution in [-0.4, -0.2) is 54.6 Å². The van der Waals surface area contributed by atoms with Gasteiger partial charge in [-0.2, -0.15) is 0 Å². The second kappa shape index (κ2) is 5.88. The maximum absolute atomic E-state index is 4.38. The Bertz CT molecular complexity index is 408. The quantitative estimate of drug-likeness (QED) is 0.872. The van der Waals surface area contributed by atoms with Gasteiger partial charge >= 0.3 is 0 Å². The van der Waals surface area contributed by atoms with Crippen LogP contribution in [0.4, 0.5) is 5.82 Å². The van der Waals surface area contributed by atoms with Gasteiger partial charge in [0.25, 0.3) is 0 Å². The molecule has 3 rings (SSSR count). The molecule has 1 saturated carbocycles. The van der Waals surface area contributed by atoms with Crippen molar-refractivity contribution in [1.29, 1.82) is 0 Å². The van der Waals surface area contributed by atoms with E-state index in [0.717, 1.165) is 18.3 Å². The molecule has 4 nitrogen and oxygen atoms in total. The van der Waals surface area contributed by atoms with E-state index in [-0.39, 0.29) is 0 Å². The van der Waals surface area contributed by atoms with Crippen molar-refractivity contribution < 1.29 is 0 Å². The van der Waals surface area contributed by atoms with Crippen LogP contribution in [0.3, 0.4) is 0 Å². The fraction of sp³-hybridized carbons (Fsp3) is 0.667. The van der Waals surface area contributed by atoms with Crippen molar-refractivity contribution in [3.63, 3.8) is 0 Å². The average Bonchev–Trinajstić information content (AvgIpc) is 3.26. The van der Waals surface area contributed by atoms with Gasteiger partial charge in [-0.25, -0.2) is 4.98 Å². The first-order valence-corrected chi connectivity index (χ1v) is 7.41. The van der Waals surface area contributed by atoms with Crippen LogP contribution in [0.15, 0.2) is 18.3 Å². The van der Waals surface area contributed by atoms with E-state index in [1.54, 1.807) is 0 Å². The summed E-state index contributed by atoms with van der Waals surface area (Å²) in [6.07, 6.45) is 4.77. The molecule has 104 valence electrons. The van der Waals surface area contributed by atoms with E-state index in [1.165, 1.54) is 51.1 Å². The molecule has 2 heterocycles. The molecule has 1 aromatic rings. The summed E-state index contributed by atoms with van der Waals surface area (Å²) >= 11 is 0. The molecule has 0 atom stereocenters. The third-order valence-corrected chi connectivity index (χ3v) is 4.20. The number of piperazine rings is 1. The molecule has 0 aromatic carbocycles. The minimum absolute atomic E-state index is 1.01. The Morgan fingerprint density at radius 1 is 1.21 bits per heavy atom. The van der Waals surface area contributed by atoms with Crippen molar-refractivity contribution in [3.05, 3.63) is 23.9 Å². The summed E-state index contributed by atoms with van der Waals surface area (Å²) in [5.41, 5.74) is 1.31. The number of rotatable bonds is 5. The fourth-order valence-corrected chi connectivity index (χ4v) is 2.83. The lowest BCUT2D eigenvalue weighted by atomic mass is 10.2. The molecule has 2 aliphatic rings. The maximum atomic E-state index is 4.38. The van der Waals surface area contributed by atoms with Crippen LogP contribution >= 0.6 is 0 Å². The number of hydrogen-bond donors (Lipinski definition) is 1. The number of hydrogen-bond acceptors (Lipinski definition) is 4. The Hall–Kier alpha value is -1.13. The monoisotopic (exact) mass is 260 g/mol. The van der Waals surface area contributed by atoms with Gasteiger partial charge in [0, 0.05) is 58.1 Å². The molecule has 4 heteroatoms. The molecule has 0 bridgehead atoms. The van der Waals surface area contributed by atoms with Crippen LogP contribution in [0.2, 0.25) is 0 Å². The van der Waals surface area contributed by atoms with Gasteiger partial charge in [0.05, 0.1) is 0 Å². The zero-order valence-corrected chi connectivity index (χ0v) is 11.8. The van der Waals surface area contributed by atoms with Crippen molar-refractivity contribution in [1.82, 2.24) is 14.8 Å². The highest BCUT2D eigenvalue weighted by atomic mass is 15.3. The van der Waals surface area contributed by atoms with Crippen LogP contribution in [0, 0.1) is 5.92 Å². The van der Waals surface area contributed by atoms with E-state index in [0.29, 0.717) is 0 Å². The van der Waals surface area contributed by atoms with Gasteiger partial charge in [-0.05, 0) is 24.8 Å². The van der Waals surface area contributed by atoms with Crippen molar-refractivity contribution in [3.8, 4) is 0 Å². The minimum atomic E-state index is 1.01. The third-order valence-electron chi connectivity index (χ3n) is 4.20. The number of nitrogens with zero attached hydrogens (tertiary/aromatic N) is 3. The maximum Gasteiger partial charge on any atom is 0.130 e. The van der Waals surface area contributed by atoms with Crippen LogP contribution < -0.4 is 5.32 Å². The fourth-order valence-electron chi connectivity index (χ4n) is 2.83. The highest BCUT2D eigenvalue weighted by Gasteiger charge is 2.26. The first-order chi connectivity index (χ1) is 9.35. The zero-order valence-electron chi connectivity index (χ0n) is 11.8. The van der Waals surface area contributed by atoms with Gasteiger partial charge in [-0.1, -0.05) is 6.07 Å². The van der Waals surface area contributed by atoms with E-state index in [1.807, 2.05) is 19.3 Å². The second-order valence-corrected chi connectivity index (χ2v) is 5.78. The summed E-state index contributed by atoms with van der Waals surface area (Å²) in [5.74, 6) is 2.03. The summed E-state index contributed by atoms with van der Waals surface area (Å²) in [5, 5.41) is 3.18. The topological polar surface area (TPSA) is 31.4 Å². The van der Waals surface area contributed by atoms with Gasteiger partial charge in [0.2, 0.25) is 0 Å². The number of anilines is 1. The standard InChI is InChI=1S/C15H24N4/c1-16-15-14(3-2-6-17-15)12-19-9-7-18(8-10-19)11-13-4-5-13/h2-3,6,13H,4-5,7-12H2,1H3,(H,16,17). The predicted molar refractivity (Wildman–Crippen MR) is 78.2 cm³/mol. The molecule has 1 aromatic heterocycles. The molecular weight excluding hydrogens is 236 g/mol. The first kappa shape index (κ1) is 12.9. The van der Waals surface area contributed by atoms with Crippen LogP contribution in [0.5, 0.6) is 0 Å². The highest BCUT2D eigenvalue weighted by molar-refractivity contribution is 5.42. The van der Waals surface area contributed by atoms with Gasteiger partial charge in [-0.3, -0.25) is 4.90 Å². The Morgan fingerprint density at radius 2 is 1.95 bits per heavy atom. The molecule has 1 aliphatic carbocycles. The molecule has 0 radical (unpaired) electrons. The lowest BCUT2D eigenvalue weighted by Crippen LogP contribution is -2.46. The van der Waals surface area contributed by atoms with Crippen LogP contribution in [-0.2, 0) is 6.54 Å². The van der Waals surface area contributed by atoms with E-state index < -0.39 is 0 Å². The largest absolute Gasteiger partial charge is 0.373 e. The Balaban J connectivity index is 1.50. The van der Waals surface area contributed by atoms with E-state index in [9.17, 15) is 0 Å². The Kier molecular flexibility index (Phi) is 3.99. The van der Waals surface area contributed by atoms with Gasteiger partial charge in [0.1, 0.15) is 5.82 Å². The SMILES string of the molecule is CNc1ncccc1CN1CCN(CC2CC2)CC1. The molecular formula is C15H24N4. The van der Waals surface area contributed by atoms with Gasteiger partial charge in [-0.15, -0.1) is 0 Å². The van der Waals surface area contributed by atoms with Crippen LogP contribution in [0.1, 0.15) is 18.4 Å². The average molecular weight is 260 g/mol. The predicted octanol–water partition coefficient (Wildman–Crippen LogP) is 1.65. The molecule has 1 N–H and O–H groups in total. The summed E-state index contributed by atoms with van der Waals surface area (Å²) < 4.78 is 0. The molecule has 0 unspecified atom stereocenters. The molecule has 0 spiro atoms. The lowest BCUT2D eigenvalue weighted by molar-refractivity contribution is 0.123. The molecule has 0 amide bonds. The lowest BCUT2D eigenvalue weighted by Gasteiger charge is -2.34. The van der Waals surface area contributed by atoms with E-state index in [4.69, 9.17) is 0 Å². The normalized spacial score (nSPS) is 21.5. The summed E-state index contributed by atoms with van der Waals surface area (Å²) in [7, 11) is 1.94. The Morgan fingerprint density at radius 3 is 2.63 bits per heavy atom. The Labute approximate surface area is 115 Å². The molecule has 1 aliphatic heterocycles. The number of aromatic nitrogens is 1. The summed E-state index contributed by atoms with van der Waals surface area (Å²) in [4.78, 5) is 9.56. The molecule has 2 fully saturated rings. The van der Waals surface area contributed by atoms with Crippen molar-refractivity contribution >= 4 is 5.82 Å². The van der Waals surface area contributed by atoms with Gasteiger partial charge < -0.3 is 10.2 Å². The van der Waals surface area contributed by atoms with E-state index in [2.05, 4.69) is 26.2 Å². The number of pyridine rings is 1. The zero-order chi connectivity index (χ0) is 13.1. The molecule has 1 saturated heterocycles. The molecule has 19 heavy (non-hydrogen) atoms. The van der Waals surface area contributed by atoms with Crippen molar-refractivity contribution in [2.75, 3.05) is 45.1 Å². The second-order valence-electron chi connectivity index (χ2n) is 5.78. The summed E-state index contributed by atoms with van der Waals surface area (Å²) in [6.45, 7) is 7.18. The highest BCUT2D eigenvalue weighted by Crippen LogP contribution is 2.30. The first-order valence-electron chi connectivity index (χ1n) is 7.41.